The van der Waals surface area contributed by atoms with Gasteiger partial charge in [0.25, 0.3) is 0 Å². The molecule has 0 aliphatic heterocycles. The molecule has 0 saturated carbocycles. The van der Waals surface area contributed by atoms with Gasteiger partial charge in [0.2, 0.25) is 0 Å². The highest BCUT2D eigenvalue weighted by Gasteiger charge is 2.07. The molecule has 0 spiro atoms. The second kappa shape index (κ2) is 7.60. The van der Waals surface area contributed by atoms with Gasteiger partial charge in [0.15, 0.2) is 0 Å². The van der Waals surface area contributed by atoms with Gasteiger partial charge in [-0.2, -0.15) is 0 Å². The van der Waals surface area contributed by atoms with Crippen LogP contribution >= 0.6 is 0 Å². The van der Waals surface area contributed by atoms with E-state index in [1.807, 2.05) is 13.8 Å². The largest absolute Gasteiger partial charge is 0.478 e. The number of allylic oxidation sites excluding steroid dienone is 1. The number of carboxylic acids is 1. The van der Waals surface area contributed by atoms with Crippen molar-refractivity contribution >= 4 is 5.97 Å². The summed E-state index contributed by atoms with van der Waals surface area (Å²) in [5.41, 5.74) is 1.54. The third-order valence-corrected chi connectivity index (χ3v) is 2.39. The Kier molecular flexibility index (Phi) is 7.17. The van der Waals surface area contributed by atoms with Crippen LogP contribution in [0.3, 0.4) is 0 Å². The number of unbranched alkanes of at least 4 members (excludes halogenated alkanes) is 4. The number of carbonyl (C=O) groups is 1. The van der Waals surface area contributed by atoms with Gasteiger partial charge in [-0.15, -0.1) is 0 Å². The number of hydrogen-bond donors (Lipinski definition) is 1. The molecule has 1 N–H and O–H groups in total. The SMILES string of the molecule is CCCCCCCC(C(=O)O)=C(C)C. The molecule has 0 aromatic rings. The van der Waals surface area contributed by atoms with Crippen LogP contribution in [0.4, 0.5) is 0 Å². The lowest BCUT2D eigenvalue weighted by atomic mass is 10.0. The van der Waals surface area contributed by atoms with Crippen molar-refractivity contribution in [2.24, 2.45) is 0 Å². The van der Waals surface area contributed by atoms with Gasteiger partial charge in [-0.25, -0.2) is 4.79 Å². The highest BCUT2D eigenvalue weighted by Crippen LogP contribution is 2.14. The molecule has 2 heteroatoms. The zero-order chi connectivity index (χ0) is 11.0. The molecule has 0 heterocycles. The minimum Gasteiger partial charge on any atom is -0.478 e. The first kappa shape index (κ1) is 13.2. The smallest absolute Gasteiger partial charge is 0.331 e. The summed E-state index contributed by atoms with van der Waals surface area (Å²) in [7, 11) is 0. The molecule has 0 unspecified atom stereocenters. The first-order valence-electron chi connectivity index (χ1n) is 5.49. The maximum absolute atomic E-state index is 10.8. The average Bonchev–Trinajstić information content (AvgIpc) is 2.09. The molecule has 0 bridgehead atoms. The van der Waals surface area contributed by atoms with Crippen LogP contribution in [0.2, 0.25) is 0 Å². The Morgan fingerprint density at radius 1 is 1.07 bits per heavy atom. The molecule has 0 fully saturated rings. The van der Waals surface area contributed by atoms with Gasteiger partial charge in [-0.3, -0.25) is 0 Å². The van der Waals surface area contributed by atoms with Crippen molar-refractivity contribution in [1.29, 1.82) is 0 Å². The molecule has 82 valence electrons. The molecular formula is C12H22O2. The van der Waals surface area contributed by atoms with E-state index in [1.165, 1.54) is 19.3 Å². The average molecular weight is 198 g/mol. The summed E-state index contributed by atoms with van der Waals surface area (Å²) in [5, 5.41) is 8.89. The van der Waals surface area contributed by atoms with Crippen LogP contribution in [0.25, 0.3) is 0 Å². The molecule has 0 saturated heterocycles. The monoisotopic (exact) mass is 198 g/mol. The van der Waals surface area contributed by atoms with E-state index in [-0.39, 0.29) is 0 Å². The topological polar surface area (TPSA) is 37.3 Å². The van der Waals surface area contributed by atoms with Crippen molar-refractivity contribution in [3.8, 4) is 0 Å². The lowest BCUT2D eigenvalue weighted by Gasteiger charge is -2.04. The second-order valence-corrected chi connectivity index (χ2v) is 3.95. The molecule has 0 aromatic carbocycles. The molecule has 0 radical (unpaired) electrons. The number of aliphatic carboxylic acids is 1. The van der Waals surface area contributed by atoms with Crippen molar-refractivity contribution in [2.45, 2.75) is 59.3 Å². The Bertz CT molecular complexity index is 200. The lowest BCUT2D eigenvalue weighted by molar-refractivity contribution is -0.132. The normalized spacial score (nSPS) is 9.93. The number of rotatable bonds is 7. The zero-order valence-corrected chi connectivity index (χ0v) is 9.60. The molecule has 0 atom stereocenters. The molecular weight excluding hydrogens is 176 g/mol. The zero-order valence-electron chi connectivity index (χ0n) is 9.60. The maximum Gasteiger partial charge on any atom is 0.331 e. The van der Waals surface area contributed by atoms with E-state index >= 15 is 0 Å². The van der Waals surface area contributed by atoms with Crippen LogP contribution in [0.15, 0.2) is 11.1 Å². The summed E-state index contributed by atoms with van der Waals surface area (Å²) in [4.78, 5) is 10.8. The summed E-state index contributed by atoms with van der Waals surface area (Å²) in [6.07, 6.45) is 6.60. The second-order valence-electron chi connectivity index (χ2n) is 3.95. The maximum atomic E-state index is 10.8. The quantitative estimate of drug-likeness (QED) is 0.499. The van der Waals surface area contributed by atoms with Crippen molar-refractivity contribution in [2.75, 3.05) is 0 Å². The Morgan fingerprint density at radius 2 is 1.64 bits per heavy atom. The third kappa shape index (κ3) is 5.79. The fourth-order valence-corrected chi connectivity index (χ4v) is 1.48. The van der Waals surface area contributed by atoms with Crippen LogP contribution in [-0.4, -0.2) is 11.1 Å². The van der Waals surface area contributed by atoms with Crippen molar-refractivity contribution in [3.05, 3.63) is 11.1 Å². The Morgan fingerprint density at radius 3 is 2.07 bits per heavy atom. The highest BCUT2D eigenvalue weighted by molar-refractivity contribution is 5.87. The molecule has 0 aliphatic rings. The number of carboxylic acid groups (broad SMARTS) is 1. The highest BCUT2D eigenvalue weighted by atomic mass is 16.4. The fraction of sp³-hybridized carbons (Fsp3) is 0.750. The standard InChI is InChI=1S/C12H22O2/c1-4-5-6-7-8-9-11(10(2)3)12(13)14/h4-9H2,1-3H3,(H,13,14). The van der Waals surface area contributed by atoms with Gasteiger partial charge in [-0.05, 0) is 26.7 Å². The van der Waals surface area contributed by atoms with Gasteiger partial charge >= 0.3 is 5.97 Å². The van der Waals surface area contributed by atoms with E-state index in [4.69, 9.17) is 5.11 Å². The van der Waals surface area contributed by atoms with Crippen LogP contribution in [0.1, 0.15) is 59.3 Å². The van der Waals surface area contributed by atoms with E-state index in [1.54, 1.807) is 0 Å². The minimum absolute atomic E-state index is 0.599. The Balaban J connectivity index is 3.75. The summed E-state index contributed by atoms with van der Waals surface area (Å²) >= 11 is 0. The number of hydrogen-bond acceptors (Lipinski definition) is 1. The summed E-state index contributed by atoms with van der Waals surface area (Å²) in [5.74, 6) is -0.750. The van der Waals surface area contributed by atoms with Gasteiger partial charge in [0.05, 0.1) is 0 Å². The van der Waals surface area contributed by atoms with E-state index in [0.717, 1.165) is 24.8 Å². The molecule has 0 amide bonds. The summed E-state index contributed by atoms with van der Waals surface area (Å²) in [6, 6.07) is 0. The summed E-state index contributed by atoms with van der Waals surface area (Å²) < 4.78 is 0. The van der Waals surface area contributed by atoms with Crippen LogP contribution in [0, 0.1) is 0 Å². The molecule has 0 aliphatic carbocycles. The predicted molar refractivity (Wildman–Crippen MR) is 59.4 cm³/mol. The Hall–Kier alpha value is -0.790. The molecule has 0 aromatic heterocycles. The van der Waals surface area contributed by atoms with E-state index in [0.29, 0.717) is 5.57 Å². The molecule has 0 rings (SSSR count). The fourth-order valence-electron chi connectivity index (χ4n) is 1.48. The van der Waals surface area contributed by atoms with Crippen molar-refractivity contribution < 1.29 is 9.90 Å². The van der Waals surface area contributed by atoms with Crippen LogP contribution < -0.4 is 0 Å². The first-order chi connectivity index (χ1) is 6.59. The molecule has 14 heavy (non-hydrogen) atoms. The molecule has 2 nitrogen and oxygen atoms in total. The van der Waals surface area contributed by atoms with E-state index in [9.17, 15) is 4.79 Å². The van der Waals surface area contributed by atoms with Crippen LogP contribution in [0.5, 0.6) is 0 Å². The van der Waals surface area contributed by atoms with E-state index in [2.05, 4.69) is 6.92 Å². The van der Waals surface area contributed by atoms with Crippen molar-refractivity contribution in [1.82, 2.24) is 0 Å². The minimum atomic E-state index is -0.750. The Labute approximate surface area is 87.0 Å². The predicted octanol–water partition coefficient (Wildman–Crippen LogP) is 3.77. The lowest BCUT2D eigenvalue weighted by Crippen LogP contribution is -2.02. The summed E-state index contributed by atoms with van der Waals surface area (Å²) in [6.45, 7) is 5.92. The van der Waals surface area contributed by atoms with E-state index < -0.39 is 5.97 Å². The van der Waals surface area contributed by atoms with Crippen molar-refractivity contribution in [3.63, 3.8) is 0 Å². The van der Waals surface area contributed by atoms with Gasteiger partial charge < -0.3 is 5.11 Å². The van der Waals surface area contributed by atoms with Gasteiger partial charge in [0.1, 0.15) is 0 Å². The van der Waals surface area contributed by atoms with Gasteiger partial charge in [0, 0.05) is 5.57 Å². The first-order valence-corrected chi connectivity index (χ1v) is 5.49. The van der Waals surface area contributed by atoms with Gasteiger partial charge in [-0.1, -0.05) is 38.2 Å². The van der Waals surface area contributed by atoms with Crippen LogP contribution in [-0.2, 0) is 4.79 Å². The third-order valence-electron chi connectivity index (χ3n) is 2.39.